The molecule has 0 bridgehead atoms. The second-order valence-corrected chi connectivity index (χ2v) is 6.83. The van der Waals surface area contributed by atoms with Crippen LogP contribution in [0.5, 0.6) is 0 Å². The summed E-state index contributed by atoms with van der Waals surface area (Å²) in [6.45, 7) is 0.804. The van der Waals surface area contributed by atoms with Crippen LogP contribution in [0.2, 0.25) is 5.02 Å². The van der Waals surface area contributed by atoms with E-state index in [9.17, 15) is 4.79 Å². The lowest BCUT2D eigenvalue weighted by atomic mass is 10.1. The van der Waals surface area contributed by atoms with E-state index in [1.165, 1.54) is 16.9 Å². The highest BCUT2D eigenvalue weighted by molar-refractivity contribution is 7.18. The van der Waals surface area contributed by atoms with Crippen molar-refractivity contribution in [3.05, 3.63) is 45.8 Å². The molecule has 0 atom stereocenters. The van der Waals surface area contributed by atoms with Crippen LogP contribution in [0.15, 0.2) is 30.3 Å². The number of benzene rings is 1. The first-order valence-electron chi connectivity index (χ1n) is 7.05. The Morgan fingerprint density at radius 2 is 2.05 bits per heavy atom. The zero-order valence-electron chi connectivity index (χ0n) is 11.6. The molecule has 0 spiro atoms. The molecular formula is C16H17ClN2OS. The lowest BCUT2D eigenvalue weighted by molar-refractivity contribution is 0.0972. The zero-order valence-corrected chi connectivity index (χ0v) is 13.1. The van der Waals surface area contributed by atoms with Crippen LogP contribution in [0.4, 0.5) is 10.7 Å². The fourth-order valence-corrected chi connectivity index (χ4v) is 3.35. The molecule has 21 heavy (non-hydrogen) atoms. The average Bonchev–Trinajstić information content (AvgIpc) is 3.25. The molecule has 1 aromatic carbocycles. The van der Waals surface area contributed by atoms with Crippen molar-refractivity contribution < 1.29 is 4.79 Å². The Labute approximate surface area is 133 Å². The molecule has 0 amide bonds. The summed E-state index contributed by atoms with van der Waals surface area (Å²) in [7, 11) is 0. The van der Waals surface area contributed by atoms with E-state index in [1.54, 1.807) is 0 Å². The molecule has 1 aliphatic carbocycles. The van der Waals surface area contributed by atoms with E-state index in [1.807, 2.05) is 30.3 Å². The van der Waals surface area contributed by atoms with Crippen LogP contribution >= 0.6 is 22.9 Å². The number of thiophene rings is 1. The summed E-state index contributed by atoms with van der Waals surface area (Å²) in [6.07, 6.45) is 2.92. The van der Waals surface area contributed by atoms with Crippen molar-refractivity contribution in [2.75, 3.05) is 17.6 Å². The lowest BCUT2D eigenvalue weighted by Crippen LogP contribution is -2.03. The topological polar surface area (TPSA) is 55.1 Å². The standard InChI is InChI=1S/C16H17ClN2OS/c17-12-5-1-10(2-6-12)7-8-19-14-9-13(18)16(21-14)15(20)11-3-4-11/h1-2,5-6,9,11,19H,3-4,7-8,18H2. The van der Waals surface area contributed by atoms with Gasteiger partial charge in [-0.2, -0.15) is 0 Å². The van der Waals surface area contributed by atoms with Gasteiger partial charge in [0.15, 0.2) is 5.78 Å². The van der Waals surface area contributed by atoms with Gasteiger partial charge in [0.05, 0.1) is 15.6 Å². The number of anilines is 2. The molecule has 3 rings (SSSR count). The van der Waals surface area contributed by atoms with Crippen molar-refractivity contribution in [2.45, 2.75) is 19.3 Å². The number of rotatable bonds is 6. The summed E-state index contributed by atoms with van der Waals surface area (Å²) in [4.78, 5) is 12.8. The molecule has 2 aromatic rings. The van der Waals surface area contributed by atoms with Crippen molar-refractivity contribution in [2.24, 2.45) is 5.92 Å². The average molecular weight is 321 g/mol. The SMILES string of the molecule is Nc1cc(NCCc2ccc(Cl)cc2)sc1C(=O)C1CC1. The lowest BCUT2D eigenvalue weighted by Gasteiger charge is -2.03. The van der Waals surface area contributed by atoms with Gasteiger partial charge in [-0.15, -0.1) is 11.3 Å². The van der Waals surface area contributed by atoms with Crippen LogP contribution in [-0.4, -0.2) is 12.3 Å². The molecule has 1 saturated carbocycles. The number of ketones is 1. The van der Waals surface area contributed by atoms with Gasteiger partial charge < -0.3 is 11.1 Å². The van der Waals surface area contributed by atoms with Crippen LogP contribution in [-0.2, 0) is 6.42 Å². The fraction of sp³-hybridized carbons (Fsp3) is 0.312. The molecule has 1 heterocycles. The summed E-state index contributed by atoms with van der Waals surface area (Å²) >= 11 is 7.33. The summed E-state index contributed by atoms with van der Waals surface area (Å²) in [5.74, 6) is 0.427. The Hall–Kier alpha value is -1.52. The van der Waals surface area contributed by atoms with E-state index in [0.717, 1.165) is 35.8 Å². The normalized spacial score (nSPS) is 14.1. The summed E-state index contributed by atoms with van der Waals surface area (Å²) < 4.78 is 0. The minimum absolute atomic E-state index is 0.211. The molecule has 3 N–H and O–H groups in total. The van der Waals surface area contributed by atoms with Gasteiger partial charge in [0.2, 0.25) is 0 Å². The van der Waals surface area contributed by atoms with E-state index in [2.05, 4.69) is 5.32 Å². The predicted octanol–water partition coefficient (Wildman–Crippen LogP) is 4.23. The number of carbonyl (C=O) groups excluding carboxylic acids is 1. The maximum atomic E-state index is 12.1. The monoisotopic (exact) mass is 320 g/mol. The number of nitrogen functional groups attached to an aromatic ring is 1. The molecule has 0 unspecified atom stereocenters. The summed E-state index contributed by atoms with van der Waals surface area (Å²) in [5, 5.41) is 5.05. The first-order valence-corrected chi connectivity index (χ1v) is 8.25. The third-order valence-corrected chi connectivity index (χ3v) is 4.93. The first kappa shape index (κ1) is 14.4. The maximum Gasteiger partial charge on any atom is 0.178 e. The Morgan fingerprint density at radius 3 is 2.71 bits per heavy atom. The van der Waals surface area contributed by atoms with Crippen molar-refractivity contribution in [1.82, 2.24) is 0 Å². The van der Waals surface area contributed by atoms with E-state index in [4.69, 9.17) is 17.3 Å². The Kier molecular flexibility index (Phi) is 4.17. The van der Waals surface area contributed by atoms with Crippen molar-refractivity contribution in [3.63, 3.8) is 0 Å². The minimum Gasteiger partial charge on any atom is -0.397 e. The van der Waals surface area contributed by atoms with Crippen LogP contribution in [0.1, 0.15) is 28.1 Å². The number of carbonyl (C=O) groups is 1. The molecular weight excluding hydrogens is 304 g/mol. The van der Waals surface area contributed by atoms with E-state index >= 15 is 0 Å². The number of halogens is 1. The van der Waals surface area contributed by atoms with E-state index in [-0.39, 0.29) is 11.7 Å². The van der Waals surface area contributed by atoms with Gasteiger partial charge in [-0.25, -0.2) is 0 Å². The number of hydrogen-bond acceptors (Lipinski definition) is 4. The summed E-state index contributed by atoms with van der Waals surface area (Å²) in [6, 6.07) is 9.70. The van der Waals surface area contributed by atoms with E-state index < -0.39 is 0 Å². The van der Waals surface area contributed by atoms with Gasteiger partial charge in [0.1, 0.15) is 0 Å². The van der Waals surface area contributed by atoms with Crippen LogP contribution < -0.4 is 11.1 Å². The van der Waals surface area contributed by atoms with E-state index in [0.29, 0.717) is 10.6 Å². The van der Waals surface area contributed by atoms with Crippen molar-refractivity contribution in [1.29, 1.82) is 0 Å². The highest BCUT2D eigenvalue weighted by atomic mass is 35.5. The van der Waals surface area contributed by atoms with Crippen LogP contribution in [0.3, 0.4) is 0 Å². The molecule has 1 aromatic heterocycles. The third-order valence-electron chi connectivity index (χ3n) is 3.56. The van der Waals surface area contributed by atoms with Crippen molar-refractivity contribution in [3.8, 4) is 0 Å². The van der Waals surface area contributed by atoms with Gasteiger partial charge >= 0.3 is 0 Å². The Morgan fingerprint density at radius 1 is 1.33 bits per heavy atom. The zero-order chi connectivity index (χ0) is 14.8. The quantitative estimate of drug-likeness (QED) is 0.783. The Bertz CT molecular complexity index is 647. The number of nitrogens with one attached hydrogen (secondary N) is 1. The molecule has 0 saturated heterocycles. The fourth-order valence-electron chi connectivity index (χ4n) is 2.20. The third kappa shape index (κ3) is 3.57. The first-order chi connectivity index (χ1) is 10.1. The molecule has 3 nitrogen and oxygen atoms in total. The van der Waals surface area contributed by atoms with Gasteiger partial charge in [0, 0.05) is 17.5 Å². The second-order valence-electron chi connectivity index (χ2n) is 5.34. The van der Waals surface area contributed by atoms with Gasteiger partial charge in [-0.3, -0.25) is 4.79 Å². The predicted molar refractivity (Wildman–Crippen MR) is 89.4 cm³/mol. The number of Topliss-reactive ketones (excluding diaryl/α,β-unsaturated/α-hetero) is 1. The van der Waals surface area contributed by atoms with Gasteiger partial charge in [0.25, 0.3) is 0 Å². The van der Waals surface area contributed by atoms with Gasteiger partial charge in [-0.05, 0) is 43.0 Å². The summed E-state index contributed by atoms with van der Waals surface area (Å²) in [5.41, 5.74) is 7.77. The Balaban J connectivity index is 1.56. The van der Waals surface area contributed by atoms with Gasteiger partial charge in [-0.1, -0.05) is 23.7 Å². The molecule has 0 radical (unpaired) electrons. The second kappa shape index (κ2) is 6.08. The highest BCUT2D eigenvalue weighted by Crippen LogP contribution is 2.38. The molecule has 110 valence electrons. The number of hydrogen-bond donors (Lipinski definition) is 2. The molecule has 5 heteroatoms. The smallest absolute Gasteiger partial charge is 0.178 e. The largest absolute Gasteiger partial charge is 0.397 e. The number of nitrogens with two attached hydrogens (primary N) is 1. The van der Waals surface area contributed by atoms with Crippen LogP contribution in [0, 0.1) is 5.92 Å². The maximum absolute atomic E-state index is 12.1. The molecule has 0 aliphatic heterocycles. The highest BCUT2D eigenvalue weighted by Gasteiger charge is 2.32. The van der Waals surface area contributed by atoms with Crippen molar-refractivity contribution >= 4 is 39.4 Å². The molecule has 1 aliphatic rings. The minimum atomic E-state index is 0.211. The van der Waals surface area contributed by atoms with Crippen LogP contribution in [0.25, 0.3) is 0 Å². The molecule has 1 fully saturated rings.